The third-order valence-corrected chi connectivity index (χ3v) is 5.43. The number of carboxylic acid groups (broad SMARTS) is 1. The molecule has 1 aliphatic rings. The second kappa shape index (κ2) is 5.45. The predicted octanol–water partition coefficient (Wildman–Crippen LogP) is -1.14. The number of carboxylic acids is 1. The van der Waals surface area contributed by atoms with Gasteiger partial charge in [0.05, 0.1) is 5.92 Å². The molecule has 0 unspecified atom stereocenters. The number of carbonyl (C=O) groups is 1. The van der Waals surface area contributed by atoms with E-state index in [2.05, 4.69) is 4.98 Å². The van der Waals surface area contributed by atoms with E-state index in [1.165, 1.54) is 6.92 Å². The number of H-pyrrole nitrogens is 2. The number of sulfonamides is 1. The highest BCUT2D eigenvalue weighted by atomic mass is 32.2. The van der Waals surface area contributed by atoms with Crippen LogP contribution in [0.3, 0.4) is 0 Å². The van der Waals surface area contributed by atoms with Gasteiger partial charge in [0.1, 0.15) is 0 Å². The normalized spacial score (nSPS) is 20.3. The number of piperidine rings is 1. The Kier molecular flexibility index (Phi) is 4.01. The highest BCUT2D eigenvalue weighted by Gasteiger charge is 2.35. The molecule has 1 aromatic heterocycles. The molecular weight excluding hydrogens is 302 g/mol. The quantitative estimate of drug-likeness (QED) is 0.643. The Morgan fingerprint density at radius 1 is 1.33 bits per heavy atom. The van der Waals surface area contributed by atoms with E-state index < -0.39 is 38.1 Å². The monoisotopic (exact) mass is 317 g/mol. The Bertz CT molecular complexity index is 778. The zero-order valence-electron chi connectivity index (χ0n) is 11.2. The molecule has 0 aromatic carbocycles. The maximum Gasteiger partial charge on any atom is 0.325 e. The average molecular weight is 317 g/mol. The Morgan fingerprint density at radius 2 is 2.00 bits per heavy atom. The second-order valence-corrected chi connectivity index (χ2v) is 6.78. The molecule has 3 N–H and O–H groups in total. The first kappa shape index (κ1) is 15.4. The van der Waals surface area contributed by atoms with Crippen molar-refractivity contribution in [3.8, 4) is 0 Å². The molecule has 2 rings (SSSR count). The highest BCUT2D eigenvalue weighted by molar-refractivity contribution is 7.89. The van der Waals surface area contributed by atoms with E-state index in [4.69, 9.17) is 5.11 Å². The molecule has 1 aromatic rings. The zero-order valence-corrected chi connectivity index (χ0v) is 12.1. The van der Waals surface area contributed by atoms with Gasteiger partial charge in [0.15, 0.2) is 4.90 Å². The van der Waals surface area contributed by atoms with Gasteiger partial charge >= 0.3 is 11.7 Å². The fourth-order valence-electron chi connectivity index (χ4n) is 2.39. The smallest absolute Gasteiger partial charge is 0.325 e. The van der Waals surface area contributed by atoms with E-state index in [1.54, 1.807) is 0 Å². The summed E-state index contributed by atoms with van der Waals surface area (Å²) in [6.07, 6.45) is 0.790. The first-order chi connectivity index (χ1) is 9.73. The number of hydrogen-bond donors (Lipinski definition) is 3. The van der Waals surface area contributed by atoms with Crippen LogP contribution < -0.4 is 11.2 Å². The Hall–Kier alpha value is -1.94. The van der Waals surface area contributed by atoms with Crippen LogP contribution in [0, 0.1) is 12.8 Å². The van der Waals surface area contributed by atoms with E-state index in [9.17, 15) is 22.8 Å². The van der Waals surface area contributed by atoms with Crippen molar-refractivity contribution in [2.45, 2.75) is 24.7 Å². The molecule has 10 heteroatoms. The van der Waals surface area contributed by atoms with Crippen LogP contribution in [0.2, 0.25) is 0 Å². The minimum atomic E-state index is -4.15. The van der Waals surface area contributed by atoms with Crippen molar-refractivity contribution in [1.82, 2.24) is 14.3 Å². The molecule has 116 valence electrons. The molecule has 0 amide bonds. The zero-order chi connectivity index (χ0) is 15.8. The minimum absolute atomic E-state index is 0.0683. The summed E-state index contributed by atoms with van der Waals surface area (Å²) in [5.74, 6) is -1.86. The Labute approximate surface area is 119 Å². The van der Waals surface area contributed by atoms with Crippen molar-refractivity contribution in [3.63, 3.8) is 0 Å². The van der Waals surface area contributed by atoms with E-state index in [1.807, 2.05) is 4.98 Å². The highest BCUT2D eigenvalue weighted by Crippen LogP contribution is 2.23. The SMILES string of the molecule is Cc1[nH]c(=O)[nH]c(=O)c1S(=O)(=O)N1CCC[C@@H](C(=O)O)C1. The van der Waals surface area contributed by atoms with Crippen LogP contribution in [0.25, 0.3) is 0 Å². The molecule has 0 radical (unpaired) electrons. The fraction of sp³-hybridized carbons (Fsp3) is 0.545. The summed E-state index contributed by atoms with van der Waals surface area (Å²) in [6, 6.07) is 0. The second-order valence-electron chi connectivity index (χ2n) is 4.90. The topological polar surface area (TPSA) is 140 Å². The van der Waals surface area contributed by atoms with Crippen molar-refractivity contribution in [2.24, 2.45) is 5.92 Å². The molecule has 1 atom stereocenters. The summed E-state index contributed by atoms with van der Waals surface area (Å²) < 4.78 is 26.0. The van der Waals surface area contributed by atoms with E-state index in [0.717, 1.165) is 4.31 Å². The van der Waals surface area contributed by atoms with Crippen LogP contribution in [0.1, 0.15) is 18.5 Å². The third-order valence-electron chi connectivity index (χ3n) is 3.41. The lowest BCUT2D eigenvalue weighted by Crippen LogP contribution is -2.44. The van der Waals surface area contributed by atoms with E-state index in [0.29, 0.717) is 12.8 Å². The Balaban J connectivity index is 2.46. The van der Waals surface area contributed by atoms with E-state index >= 15 is 0 Å². The number of aryl methyl sites for hydroxylation is 1. The molecule has 0 saturated carbocycles. The molecule has 9 nitrogen and oxygen atoms in total. The molecule has 0 aliphatic carbocycles. The van der Waals surface area contributed by atoms with Crippen LogP contribution in [-0.2, 0) is 14.8 Å². The molecule has 1 fully saturated rings. The van der Waals surface area contributed by atoms with Gasteiger partial charge in [0.25, 0.3) is 5.56 Å². The number of aromatic amines is 2. The maximum atomic E-state index is 12.5. The van der Waals surface area contributed by atoms with Crippen LogP contribution >= 0.6 is 0 Å². The van der Waals surface area contributed by atoms with Crippen molar-refractivity contribution in [3.05, 3.63) is 26.5 Å². The summed E-state index contributed by atoms with van der Waals surface area (Å²) in [4.78, 5) is 37.4. The van der Waals surface area contributed by atoms with E-state index in [-0.39, 0.29) is 18.8 Å². The summed E-state index contributed by atoms with van der Waals surface area (Å²) in [7, 11) is -4.15. The van der Waals surface area contributed by atoms with Gasteiger partial charge in [-0.15, -0.1) is 0 Å². The lowest BCUT2D eigenvalue weighted by molar-refractivity contribution is -0.142. The number of hydrogen-bond acceptors (Lipinski definition) is 5. The molecule has 0 spiro atoms. The predicted molar refractivity (Wildman–Crippen MR) is 71.5 cm³/mol. The molecule has 2 heterocycles. The van der Waals surface area contributed by atoms with Gasteiger partial charge in [-0.1, -0.05) is 0 Å². The van der Waals surface area contributed by atoms with Gasteiger partial charge < -0.3 is 10.1 Å². The largest absolute Gasteiger partial charge is 0.481 e. The minimum Gasteiger partial charge on any atom is -0.481 e. The average Bonchev–Trinajstić information content (AvgIpc) is 2.37. The van der Waals surface area contributed by atoms with Crippen molar-refractivity contribution in [2.75, 3.05) is 13.1 Å². The summed E-state index contributed by atoms with van der Waals surface area (Å²) in [6.45, 7) is 1.27. The number of aliphatic carboxylic acids is 1. The first-order valence-electron chi connectivity index (χ1n) is 6.29. The van der Waals surface area contributed by atoms with Gasteiger partial charge in [-0.2, -0.15) is 4.31 Å². The van der Waals surface area contributed by atoms with Gasteiger partial charge in [0.2, 0.25) is 10.0 Å². The summed E-state index contributed by atoms with van der Waals surface area (Å²) >= 11 is 0. The molecule has 1 saturated heterocycles. The number of aromatic nitrogens is 2. The fourth-order valence-corrected chi connectivity index (χ4v) is 4.12. The number of rotatable bonds is 3. The maximum absolute atomic E-state index is 12.5. The Morgan fingerprint density at radius 3 is 2.57 bits per heavy atom. The van der Waals surface area contributed by atoms with Crippen molar-refractivity contribution in [1.29, 1.82) is 0 Å². The number of nitrogens with zero attached hydrogens (tertiary/aromatic N) is 1. The van der Waals surface area contributed by atoms with Crippen LogP contribution in [0.4, 0.5) is 0 Å². The van der Waals surface area contributed by atoms with Crippen LogP contribution in [0.5, 0.6) is 0 Å². The summed E-state index contributed by atoms with van der Waals surface area (Å²) in [5, 5.41) is 9.00. The third kappa shape index (κ3) is 2.90. The molecule has 21 heavy (non-hydrogen) atoms. The van der Waals surface area contributed by atoms with Gasteiger partial charge in [-0.05, 0) is 19.8 Å². The molecular formula is C11H15N3O6S. The number of nitrogens with one attached hydrogen (secondary N) is 2. The lowest BCUT2D eigenvalue weighted by atomic mass is 10.0. The van der Waals surface area contributed by atoms with Crippen molar-refractivity contribution >= 4 is 16.0 Å². The van der Waals surface area contributed by atoms with Crippen molar-refractivity contribution < 1.29 is 18.3 Å². The standard InChI is InChI=1S/C11H15N3O6S/c1-6-8(9(15)13-11(18)12-6)21(19,20)14-4-2-3-7(5-14)10(16)17/h7H,2-5H2,1H3,(H,16,17)(H2,12,13,15,18)/t7-/m1/s1. The molecule has 1 aliphatic heterocycles. The summed E-state index contributed by atoms with van der Waals surface area (Å²) in [5.41, 5.74) is -1.87. The van der Waals surface area contributed by atoms with Crippen LogP contribution in [-0.4, -0.2) is 46.9 Å². The lowest BCUT2D eigenvalue weighted by Gasteiger charge is -2.29. The first-order valence-corrected chi connectivity index (χ1v) is 7.73. The molecule has 0 bridgehead atoms. The van der Waals surface area contributed by atoms with Crippen LogP contribution in [0.15, 0.2) is 14.5 Å². The van der Waals surface area contributed by atoms with Gasteiger partial charge in [-0.25, -0.2) is 13.2 Å². The van der Waals surface area contributed by atoms with Gasteiger partial charge in [0, 0.05) is 18.8 Å². The van der Waals surface area contributed by atoms with Gasteiger partial charge in [-0.3, -0.25) is 14.6 Å².